The average molecular weight is 237 g/mol. The zero-order chi connectivity index (χ0) is 9.26. The van der Waals surface area contributed by atoms with Gasteiger partial charge in [-0.25, -0.2) is 0 Å². The summed E-state index contributed by atoms with van der Waals surface area (Å²) >= 11 is 3.50. The van der Waals surface area contributed by atoms with Gasteiger partial charge in [0.1, 0.15) is 0 Å². The van der Waals surface area contributed by atoms with Crippen molar-refractivity contribution in [3.63, 3.8) is 0 Å². The Bertz CT molecular complexity index is 440. The lowest BCUT2D eigenvalue weighted by Crippen LogP contribution is -2.00. The Labute approximate surface area is 84.9 Å². The van der Waals surface area contributed by atoms with Gasteiger partial charge in [-0.05, 0) is 21.3 Å². The summed E-state index contributed by atoms with van der Waals surface area (Å²) in [7, 11) is 0. The summed E-state index contributed by atoms with van der Waals surface area (Å²) in [6.45, 7) is 0.464. The summed E-state index contributed by atoms with van der Waals surface area (Å²) in [6.07, 6.45) is 1.85. The molecule has 2 N–H and O–H groups in total. The minimum atomic E-state index is 0.464. The zero-order valence-corrected chi connectivity index (χ0v) is 8.58. The van der Waals surface area contributed by atoms with E-state index in [1.807, 2.05) is 24.4 Å². The molecule has 2 nitrogen and oxygen atoms in total. The van der Waals surface area contributed by atoms with Gasteiger partial charge < -0.3 is 5.73 Å². The normalized spacial score (nSPS) is 10.6. The van der Waals surface area contributed by atoms with E-state index in [0.717, 1.165) is 20.9 Å². The Morgan fingerprint density at radius 2 is 2.08 bits per heavy atom. The molecule has 13 heavy (non-hydrogen) atoms. The molecule has 0 saturated carbocycles. The average Bonchev–Trinajstić information content (AvgIpc) is 2.19. The Kier molecular flexibility index (Phi) is 2.29. The SMILES string of the molecule is NCc1ncc2ccccc2c1Br. The molecule has 3 heteroatoms. The molecule has 0 unspecified atom stereocenters. The van der Waals surface area contributed by atoms with Crippen LogP contribution >= 0.6 is 15.9 Å². The van der Waals surface area contributed by atoms with Crippen LogP contribution in [0.2, 0.25) is 0 Å². The minimum absolute atomic E-state index is 0.464. The number of nitrogens with two attached hydrogens (primary N) is 1. The number of nitrogens with zero attached hydrogens (tertiary/aromatic N) is 1. The van der Waals surface area contributed by atoms with Crippen LogP contribution in [-0.2, 0) is 6.54 Å². The van der Waals surface area contributed by atoms with Gasteiger partial charge in [0.15, 0.2) is 0 Å². The van der Waals surface area contributed by atoms with Gasteiger partial charge >= 0.3 is 0 Å². The molecule has 66 valence electrons. The number of aromatic nitrogens is 1. The fraction of sp³-hybridized carbons (Fsp3) is 0.100. The highest BCUT2D eigenvalue weighted by molar-refractivity contribution is 9.10. The molecule has 0 radical (unpaired) electrons. The Balaban J connectivity index is 2.79. The molecule has 0 amide bonds. The fourth-order valence-electron chi connectivity index (χ4n) is 1.31. The number of pyridine rings is 1. The van der Waals surface area contributed by atoms with E-state index in [1.165, 1.54) is 0 Å². The molecule has 0 aliphatic rings. The summed E-state index contributed by atoms with van der Waals surface area (Å²) in [6, 6.07) is 8.10. The van der Waals surface area contributed by atoms with Gasteiger partial charge in [-0.2, -0.15) is 0 Å². The van der Waals surface area contributed by atoms with Crippen LogP contribution in [0.25, 0.3) is 10.8 Å². The molecule has 0 saturated heterocycles. The Hall–Kier alpha value is -0.930. The van der Waals surface area contributed by atoms with Crippen LogP contribution in [-0.4, -0.2) is 4.98 Å². The van der Waals surface area contributed by atoms with Crippen LogP contribution in [0.4, 0.5) is 0 Å². The van der Waals surface area contributed by atoms with Crippen LogP contribution in [0.3, 0.4) is 0 Å². The van der Waals surface area contributed by atoms with Crippen LogP contribution in [0.5, 0.6) is 0 Å². The quantitative estimate of drug-likeness (QED) is 0.827. The fourth-order valence-corrected chi connectivity index (χ4v) is 1.94. The molecule has 1 aromatic heterocycles. The first-order valence-corrected chi connectivity index (χ1v) is 4.84. The van der Waals surface area contributed by atoms with Gasteiger partial charge in [-0.15, -0.1) is 0 Å². The molecular formula is C10H9BrN2. The smallest absolute Gasteiger partial charge is 0.0687 e. The second-order valence-corrected chi connectivity index (χ2v) is 3.60. The van der Waals surface area contributed by atoms with E-state index in [4.69, 9.17) is 5.73 Å². The van der Waals surface area contributed by atoms with E-state index in [0.29, 0.717) is 6.54 Å². The largest absolute Gasteiger partial charge is 0.325 e. The van der Waals surface area contributed by atoms with Crippen molar-refractivity contribution in [1.29, 1.82) is 0 Å². The Morgan fingerprint density at radius 3 is 2.85 bits per heavy atom. The van der Waals surface area contributed by atoms with Gasteiger partial charge in [0.05, 0.1) is 5.69 Å². The summed E-state index contributed by atoms with van der Waals surface area (Å²) in [5, 5.41) is 2.30. The summed E-state index contributed by atoms with van der Waals surface area (Å²) in [4.78, 5) is 4.25. The van der Waals surface area contributed by atoms with Crippen molar-refractivity contribution in [1.82, 2.24) is 4.98 Å². The van der Waals surface area contributed by atoms with E-state index < -0.39 is 0 Å². The maximum atomic E-state index is 5.55. The molecule has 0 fully saturated rings. The van der Waals surface area contributed by atoms with Crippen LogP contribution in [0, 0.1) is 0 Å². The number of hydrogen-bond acceptors (Lipinski definition) is 2. The standard InChI is InChI=1S/C10H9BrN2/c11-10-8-4-2-1-3-7(8)6-13-9(10)5-12/h1-4,6H,5,12H2. The third-order valence-electron chi connectivity index (χ3n) is 2.00. The molecule has 0 bridgehead atoms. The first-order chi connectivity index (χ1) is 6.33. The molecule has 0 aliphatic heterocycles. The Morgan fingerprint density at radius 1 is 1.31 bits per heavy atom. The van der Waals surface area contributed by atoms with Gasteiger partial charge in [0.2, 0.25) is 0 Å². The maximum absolute atomic E-state index is 5.55. The summed E-state index contributed by atoms with van der Waals surface area (Å²) in [5.74, 6) is 0. The van der Waals surface area contributed by atoms with Crippen molar-refractivity contribution >= 4 is 26.7 Å². The number of hydrogen-bond donors (Lipinski definition) is 1. The van der Waals surface area contributed by atoms with Crippen LogP contribution < -0.4 is 5.73 Å². The van der Waals surface area contributed by atoms with E-state index in [-0.39, 0.29) is 0 Å². The van der Waals surface area contributed by atoms with Gasteiger partial charge in [-0.3, -0.25) is 4.98 Å². The number of benzene rings is 1. The minimum Gasteiger partial charge on any atom is -0.325 e. The monoisotopic (exact) mass is 236 g/mol. The summed E-state index contributed by atoms with van der Waals surface area (Å²) in [5.41, 5.74) is 6.45. The van der Waals surface area contributed by atoms with Crippen LogP contribution in [0.15, 0.2) is 34.9 Å². The number of rotatable bonds is 1. The number of fused-ring (bicyclic) bond motifs is 1. The van der Waals surface area contributed by atoms with Crippen LogP contribution in [0.1, 0.15) is 5.69 Å². The first kappa shape index (κ1) is 8.66. The van der Waals surface area contributed by atoms with Crippen molar-refractivity contribution in [2.75, 3.05) is 0 Å². The second-order valence-electron chi connectivity index (χ2n) is 2.81. The third kappa shape index (κ3) is 1.45. The van der Waals surface area contributed by atoms with E-state index in [9.17, 15) is 0 Å². The van der Waals surface area contributed by atoms with E-state index in [1.54, 1.807) is 0 Å². The molecule has 1 aromatic carbocycles. The third-order valence-corrected chi connectivity index (χ3v) is 2.89. The number of halogens is 1. The van der Waals surface area contributed by atoms with Gasteiger partial charge in [0.25, 0.3) is 0 Å². The molecule has 1 heterocycles. The van der Waals surface area contributed by atoms with Crippen molar-refractivity contribution in [3.05, 3.63) is 40.6 Å². The molecule has 0 spiro atoms. The lowest BCUT2D eigenvalue weighted by molar-refractivity contribution is 0.988. The highest BCUT2D eigenvalue weighted by Crippen LogP contribution is 2.25. The zero-order valence-electron chi connectivity index (χ0n) is 7.00. The molecule has 0 aliphatic carbocycles. The topological polar surface area (TPSA) is 38.9 Å². The predicted molar refractivity (Wildman–Crippen MR) is 57.3 cm³/mol. The summed E-state index contributed by atoms with van der Waals surface area (Å²) < 4.78 is 1.01. The predicted octanol–water partition coefficient (Wildman–Crippen LogP) is 2.46. The van der Waals surface area contributed by atoms with Crippen molar-refractivity contribution in [3.8, 4) is 0 Å². The molecular weight excluding hydrogens is 228 g/mol. The molecule has 0 atom stereocenters. The second kappa shape index (κ2) is 3.44. The van der Waals surface area contributed by atoms with Crippen molar-refractivity contribution in [2.24, 2.45) is 5.73 Å². The van der Waals surface area contributed by atoms with E-state index >= 15 is 0 Å². The lowest BCUT2D eigenvalue weighted by atomic mass is 10.1. The maximum Gasteiger partial charge on any atom is 0.0687 e. The van der Waals surface area contributed by atoms with Crippen molar-refractivity contribution < 1.29 is 0 Å². The highest BCUT2D eigenvalue weighted by Gasteiger charge is 2.03. The molecule has 2 aromatic rings. The highest BCUT2D eigenvalue weighted by atomic mass is 79.9. The first-order valence-electron chi connectivity index (χ1n) is 4.05. The van der Waals surface area contributed by atoms with Crippen molar-refractivity contribution in [2.45, 2.75) is 6.54 Å². The molecule has 2 rings (SSSR count). The van der Waals surface area contributed by atoms with Gasteiger partial charge in [0, 0.05) is 22.6 Å². The van der Waals surface area contributed by atoms with Gasteiger partial charge in [-0.1, -0.05) is 24.3 Å². The lowest BCUT2D eigenvalue weighted by Gasteiger charge is -2.03. The van der Waals surface area contributed by atoms with E-state index in [2.05, 4.69) is 27.0 Å².